The van der Waals surface area contributed by atoms with Crippen molar-refractivity contribution in [1.82, 2.24) is 0 Å². The highest BCUT2D eigenvalue weighted by molar-refractivity contribution is 9.10. The van der Waals surface area contributed by atoms with E-state index in [1.54, 1.807) is 0 Å². The van der Waals surface area contributed by atoms with E-state index in [-0.39, 0.29) is 4.83 Å². The van der Waals surface area contributed by atoms with Gasteiger partial charge in [-0.15, -0.1) is 0 Å². The molecule has 2 rings (SSSR count). The monoisotopic (exact) mass is 420 g/mol. The van der Waals surface area contributed by atoms with E-state index in [2.05, 4.69) is 44.8 Å². The SMILES string of the molecule is Cc1cc(C(Br)c2cc(Br)ccc2Cl)c(C)cc1Cl. The van der Waals surface area contributed by atoms with Gasteiger partial charge in [-0.25, -0.2) is 0 Å². The zero-order valence-electron chi connectivity index (χ0n) is 10.5. The summed E-state index contributed by atoms with van der Waals surface area (Å²) >= 11 is 19.7. The second-order valence-electron chi connectivity index (χ2n) is 4.49. The van der Waals surface area contributed by atoms with Crippen molar-refractivity contribution in [1.29, 1.82) is 0 Å². The number of halogens is 4. The normalized spacial score (nSPS) is 12.5. The highest BCUT2D eigenvalue weighted by atomic mass is 79.9. The molecular formula is C15H12Br2Cl2. The van der Waals surface area contributed by atoms with Crippen LogP contribution in [0.3, 0.4) is 0 Å². The van der Waals surface area contributed by atoms with Gasteiger partial charge in [0.15, 0.2) is 0 Å². The first-order chi connectivity index (χ1) is 8.90. The summed E-state index contributed by atoms with van der Waals surface area (Å²) in [6.45, 7) is 4.06. The minimum atomic E-state index is 0.0495. The van der Waals surface area contributed by atoms with Gasteiger partial charge in [0.25, 0.3) is 0 Å². The summed E-state index contributed by atoms with van der Waals surface area (Å²) in [4.78, 5) is 0.0495. The Hall–Kier alpha value is -0.0200. The zero-order chi connectivity index (χ0) is 14.2. The predicted octanol–water partition coefficient (Wildman–Crippen LogP) is 6.86. The molecule has 0 aliphatic heterocycles. The summed E-state index contributed by atoms with van der Waals surface area (Å²) in [5.41, 5.74) is 4.44. The highest BCUT2D eigenvalue weighted by Crippen LogP contribution is 2.39. The molecule has 0 heterocycles. The molecule has 2 aromatic rings. The van der Waals surface area contributed by atoms with Gasteiger partial charge in [0, 0.05) is 14.5 Å². The number of hydrogen-bond donors (Lipinski definition) is 0. The molecule has 1 unspecified atom stereocenters. The maximum atomic E-state index is 6.29. The number of aryl methyl sites for hydroxylation is 2. The Morgan fingerprint density at radius 1 is 0.895 bits per heavy atom. The van der Waals surface area contributed by atoms with Crippen molar-refractivity contribution in [2.75, 3.05) is 0 Å². The third kappa shape index (κ3) is 3.36. The number of rotatable bonds is 2. The van der Waals surface area contributed by atoms with Crippen molar-refractivity contribution in [3.8, 4) is 0 Å². The fourth-order valence-electron chi connectivity index (χ4n) is 1.95. The van der Waals surface area contributed by atoms with E-state index in [0.29, 0.717) is 0 Å². The van der Waals surface area contributed by atoms with Crippen molar-refractivity contribution in [2.45, 2.75) is 18.7 Å². The Labute approximate surface area is 140 Å². The predicted molar refractivity (Wildman–Crippen MR) is 90.8 cm³/mol. The van der Waals surface area contributed by atoms with E-state index in [1.165, 1.54) is 5.56 Å². The Kier molecular flexibility index (Phi) is 4.99. The quantitative estimate of drug-likeness (QED) is 0.464. The summed E-state index contributed by atoms with van der Waals surface area (Å²) in [6, 6.07) is 9.96. The fraction of sp³-hybridized carbons (Fsp3) is 0.200. The summed E-state index contributed by atoms with van der Waals surface area (Å²) in [6.07, 6.45) is 0. The average molecular weight is 423 g/mol. The van der Waals surface area contributed by atoms with Crippen LogP contribution in [0.1, 0.15) is 27.1 Å². The van der Waals surface area contributed by atoms with Crippen molar-refractivity contribution in [3.05, 3.63) is 67.1 Å². The second-order valence-corrected chi connectivity index (χ2v) is 7.13. The standard InChI is InChI=1S/C15H12Br2Cl2/c1-8-6-14(19)9(2)5-11(8)15(17)12-7-10(16)3-4-13(12)18/h3-7,15H,1-2H3. The van der Waals surface area contributed by atoms with Crippen LogP contribution in [0.5, 0.6) is 0 Å². The van der Waals surface area contributed by atoms with Crippen LogP contribution in [0.15, 0.2) is 34.8 Å². The van der Waals surface area contributed by atoms with Crippen LogP contribution in [0.25, 0.3) is 0 Å². The van der Waals surface area contributed by atoms with E-state index in [4.69, 9.17) is 23.2 Å². The van der Waals surface area contributed by atoms with Gasteiger partial charge in [0.05, 0.1) is 4.83 Å². The maximum absolute atomic E-state index is 6.29. The molecular weight excluding hydrogens is 411 g/mol. The maximum Gasteiger partial charge on any atom is 0.0662 e. The van der Waals surface area contributed by atoms with Crippen LogP contribution in [-0.4, -0.2) is 0 Å². The van der Waals surface area contributed by atoms with Crippen LogP contribution < -0.4 is 0 Å². The molecule has 0 aromatic heterocycles. The molecule has 0 saturated heterocycles. The Balaban J connectivity index is 2.52. The molecule has 0 fully saturated rings. The van der Waals surface area contributed by atoms with Gasteiger partial charge in [0.2, 0.25) is 0 Å². The van der Waals surface area contributed by atoms with Gasteiger partial charge >= 0.3 is 0 Å². The molecule has 19 heavy (non-hydrogen) atoms. The minimum Gasteiger partial charge on any atom is -0.0840 e. The van der Waals surface area contributed by atoms with E-state index in [9.17, 15) is 0 Å². The van der Waals surface area contributed by atoms with Crippen LogP contribution in [-0.2, 0) is 0 Å². The van der Waals surface area contributed by atoms with E-state index < -0.39 is 0 Å². The second kappa shape index (κ2) is 6.17. The van der Waals surface area contributed by atoms with Crippen molar-refractivity contribution in [3.63, 3.8) is 0 Å². The third-order valence-electron chi connectivity index (χ3n) is 3.05. The van der Waals surface area contributed by atoms with E-state index in [0.717, 1.165) is 31.2 Å². The molecule has 1 atom stereocenters. The molecule has 0 radical (unpaired) electrons. The lowest BCUT2D eigenvalue weighted by molar-refractivity contribution is 1.13. The molecule has 0 saturated carbocycles. The van der Waals surface area contributed by atoms with Crippen LogP contribution >= 0.6 is 55.1 Å². The molecule has 0 bridgehead atoms. The van der Waals surface area contributed by atoms with E-state index >= 15 is 0 Å². The molecule has 100 valence electrons. The van der Waals surface area contributed by atoms with Crippen molar-refractivity contribution < 1.29 is 0 Å². The number of benzene rings is 2. The summed E-state index contributed by atoms with van der Waals surface area (Å²) in [5, 5.41) is 1.54. The molecule has 0 amide bonds. The molecule has 0 aliphatic carbocycles. The van der Waals surface area contributed by atoms with Crippen LogP contribution in [0, 0.1) is 13.8 Å². The summed E-state index contributed by atoms with van der Waals surface area (Å²) < 4.78 is 1.01. The molecule has 4 heteroatoms. The molecule has 0 spiro atoms. The van der Waals surface area contributed by atoms with Crippen molar-refractivity contribution in [2.24, 2.45) is 0 Å². The van der Waals surface area contributed by atoms with Crippen molar-refractivity contribution >= 4 is 55.1 Å². The number of alkyl halides is 1. The molecule has 0 aliphatic rings. The molecule has 0 nitrogen and oxygen atoms in total. The van der Waals surface area contributed by atoms with Gasteiger partial charge in [-0.1, -0.05) is 61.1 Å². The Morgan fingerprint density at radius 3 is 2.26 bits per heavy atom. The fourth-order valence-corrected chi connectivity index (χ4v) is 3.78. The Morgan fingerprint density at radius 2 is 1.58 bits per heavy atom. The summed E-state index contributed by atoms with van der Waals surface area (Å²) in [5.74, 6) is 0. The van der Waals surface area contributed by atoms with Crippen LogP contribution in [0.4, 0.5) is 0 Å². The van der Waals surface area contributed by atoms with Gasteiger partial charge in [-0.05, 0) is 60.4 Å². The largest absolute Gasteiger partial charge is 0.0840 e. The van der Waals surface area contributed by atoms with Gasteiger partial charge in [0.1, 0.15) is 0 Å². The first kappa shape index (κ1) is 15.4. The smallest absolute Gasteiger partial charge is 0.0662 e. The van der Waals surface area contributed by atoms with Gasteiger partial charge in [-0.2, -0.15) is 0 Å². The lowest BCUT2D eigenvalue weighted by Gasteiger charge is -2.17. The first-order valence-corrected chi connectivity index (χ1v) is 8.22. The van der Waals surface area contributed by atoms with E-state index in [1.807, 2.05) is 31.2 Å². The highest BCUT2D eigenvalue weighted by Gasteiger charge is 2.17. The molecule has 0 N–H and O–H groups in total. The first-order valence-electron chi connectivity index (χ1n) is 5.76. The zero-order valence-corrected chi connectivity index (χ0v) is 15.2. The average Bonchev–Trinajstić information content (AvgIpc) is 2.36. The lowest BCUT2D eigenvalue weighted by atomic mass is 9.98. The molecule has 2 aromatic carbocycles. The van der Waals surface area contributed by atoms with Crippen LogP contribution in [0.2, 0.25) is 10.0 Å². The van der Waals surface area contributed by atoms with Gasteiger partial charge < -0.3 is 0 Å². The third-order valence-corrected chi connectivity index (χ3v) is 5.28. The summed E-state index contributed by atoms with van der Waals surface area (Å²) in [7, 11) is 0. The van der Waals surface area contributed by atoms with Gasteiger partial charge in [-0.3, -0.25) is 0 Å². The number of hydrogen-bond acceptors (Lipinski definition) is 0. The topological polar surface area (TPSA) is 0 Å². The Bertz CT molecular complexity index is 624. The lowest BCUT2D eigenvalue weighted by Crippen LogP contribution is -1.98. The minimum absolute atomic E-state index is 0.0495.